The first-order chi connectivity index (χ1) is 33.3. The van der Waals surface area contributed by atoms with Gasteiger partial charge in [-0.15, -0.1) is 0 Å². The van der Waals surface area contributed by atoms with Gasteiger partial charge in [-0.2, -0.15) is 0 Å². The van der Waals surface area contributed by atoms with E-state index in [0.29, 0.717) is 0 Å². The van der Waals surface area contributed by atoms with E-state index in [0.717, 1.165) is 10.4 Å². The molecule has 4 heterocycles. The van der Waals surface area contributed by atoms with Crippen LogP contribution in [0.25, 0.3) is 0 Å². The molecule has 0 spiro atoms. The van der Waals surface area contributed by atoms with Gasteiger partial charge >= 0.3 is 19.0 Å². The Labute approximate surface area is 413 Å². The van der Waals surface area contributed by atoms with Crippen LogP contribution in [0.3, 0.4) is 0 Å². The summed E-state index contributed by atoms with van der Waals surface area (Å²) in [5.41, 5.74) is -2.10. The molecule has 0 amide bonds. The molecule has 71 heavy (non-hydrogen) atoms. The van der Waals surface area contributed by atoms with Crippen molar-refractivity contribution in [3.8, 4) is 0 Å². The van der Waals surface area contributed by atoms with Crippen LogP contribution in [-0.2, 0) is 38.5 Å². The van der Waals surface area contributed by atoms with Crippen molar-refractivity contribution >= 4 is 40.3 Å². The van der Waals surface area contributed by atoms with Gasteiger partial charge in [-0.25, -0.2) is 9.59 Å². The van der Waals surface area contributed by atoms with Crippen LogP contribution in [0.4, 0.5) is 5.69 Å². The summed E-state index contributed by atoms with van der Waals surface area (Å²) in [6.45, 7) is 19.4. The zero-order valence-corrected chi connectivity index (χ0v) is 44.7. The number of nitro groups is 1. The number of H-pyrrole nitrogens is 2. The number of hydrogen-bond donors (Lipinski definition) is 2. The highest BCUT2D eigenvalue weighted by Gasteiger charge is 2.54. The molecule has 18 nitrogen and oxygen atoms in total. The first-order valence-corrected chi connectivity index (χ1v) is 30.0. The Morgan fingerprint density at radius 2 is 1.27 bits per heavy atom. The minimum atomic E-state index is -4.57. The Morgan fingerprint density at radius 3 is 1.79 bits per heavy atom. The Morgan fingerprint density at radius 1 is 0.761 bits per heavy atom. The van der Waals surface area contributed by atoms with Crippen molar-refractivity contribution in [1.29, 1.82) is 0 Å². The standard InChI is InChI=1S/C50H64N5O13PSi2/c1-33-29-53(47(58)51-45(33)56)43-27-40(42(66-43)32-64-70(9,10)49(3,4)5)67-69(62,63-31-35-19-17-18-24-38(35)55(60)61)26-25-39-41(28-44(65-39)54-30-34(2)46(57)52-48(54)59)68-71(50(6,7)8,36-20-13-11-14-21-36)37-22-15-12-16-23-37/h11-26,29-30,39-44H,27-28,31-32H2,1-10H3,(H,51,56,58)(H,52,57,59)/b26-25+/t39-,40+,41+,42-,43-,44-,69?/m1/s1. The number of nitro benzene ring substituents is 1. The molecule has 380 valence electrons. The maximum Gasteiger partial charge on any atom is 0.354 e. The normalized spacial score (nSPS) is 21.9. The van der Waals surface area contributed by atoms with Gasteiger partial charge in [0.2, 0.25) is 0 Å². The number of para-hydroxylation sites is 1. The van der Waals surface area contributed by atoms with Crippen LogP contribution in [0.5, 0.6) is 0 Å². The highest BCUT2D eigenvalue weighted by atomic mass is 31.2. The van der Waals surface area contributed by atoms with Gasteiger partial charge in [0.1, 0.15) is 30.8 Å². The van der Waals surface area contributed by atoms with E-state index >= 15 is 4.57 Å². The fourth-order valence-corrected chi connectivity index (χ4v) is 16.0. The summed E-state index contributed by atoms with van der Waals surface area (Å²) < 4.78 is 58.5. The first-order valence-electron chi connectivity index (χ1n) is 23.5. The van der Waals surface area contributed by atoms with Gasteiger partial charge in [-0.05, 0) is 59.5 Å². The smallest absolute Gasteiger partial charge is 0.354 e. The van der Waals surface area contributed by atoms with Gasteiger partial charge in [-0.1, -0.05) is 114 Å². The van der Waals surface area contributed by atoms with Crippen LogP contribution in [0.15, 0.2) is 128 Å². The Kier molecular flexibility index (Phi) is 15.8. The Bertz CT molecular complexity index is 3000. The molecule has 2 aliphatic rings. The van der Waals surface area contributed by atoms with Gasteiger partial charge < -0.3 is 22.8 Å². The molecule has 0 saturated carbocycles. The first kappa shape index (κ1) is 53.4. The lowest BCUT2D eigenvalue weighted by Gasteiger charge is -2.45. The third-order valence-electron chi connectivity index (χ3n) is 13.7. The van der Waals surface area contributed by atoms with E-state index in [1.807, 2.05) is 60.7 Å². The van der Waals surface area contributed by atoms with Crippen LogP contribution in [0.2, 0.25) is 23.2 Å². The molecule has 5 aromatic rings. The molecule has 2 saturated heterocycles. The minimum absolute atomic E-state index is 0.0161. The quantitative estimate of drug-likeness (QED) is 0.0400. The highest BCUT2D eigenvalue weighted by Crippen LogP contribution is 2.55. The molecule has 7 rings (SSSR count). The van der Waals surface area contributed by atoms with E-state index in [1.54, 1.807) is 19.9 Å². The third-order valence-corrected chi connectivity index (χ3v) is 24.8. The van der Waals surface area contributed by atoms with Crippen molar-refractivity contribution in [1.82, 2.24) is 19.1 Å². The van der Waals surface area contributed by atoms with Gasteiger partial charge in [0.25, 0.3) is 25.1 Å². The monoisotopic (exact) mass is 1030 g/mol. The highest BCUT2D eigenvalue weighted by molar-refractivity contribution is 7.57. The van der Waals surface area contributed by atoms with E-state index in [1.165, 1.54) is 51.6 Å². The summed E-state index contributed by atoms with van der Waals surface area (Å²) in [4.78, 5) is 67.9. The molecule has 2 N–H and O–H groups in total. The molecule has 3 aromatic carbocycles. The van der Waals surface area contributed by atoms with Crippen LogP contribution in [0, 0.1) is 24.0 Å². The molecular weight excluding hydrogens is 966 g/mol. The number of benzene rings is 3. The molecule has 2 fully saturated rings. The van der Waals surface area contributed by atoms with E-state index in [-0.39, 0.29) is 46.9 Å². The van der Waals surface area contributed by atoms with Gasteiger partial charge in [0, 0.05) is 48.2 Å². The lowest BCUT2D eigenvalue weighted by Crippen LogP contribution is -2.68. The summed E-state index contributed by atoms with van der Waals surface area (Å²) in [7, 11) is -10.3. The van der Waals surface area contributed by atoms with Crippen LogP contribution >= 0.6 is 7.60 Å². The molecule has 1 unspecified atom stereocenters. The summed E-state index contributed by atoms with van der Waals surface area (Å²) in [5, 5.41) is 13.4. The Hall–Kier alpha value is -5.42. The van der Waals surface area contributed by atoms with E-state index < -0.39 is 100 Å². The van der Waals surface area contributed by atoms with Crippen molar-refractivity contribution in [2.75, 3.05) is 6.61 Å². The summed E-state index contributed by atoms with van der Waals surface area (Å²) in [6.07, 6.45) is -1.38. The number of nitrogens with one attached hydrogen (secondary N) is 2. The van der Waals surface area contributed by atoms with Crippen LogP contribution < -0.4 is 32.9 Å². The van der Waals surface area contributed by atoms with Crippen molar-refractivity contribution in [2.45, 2.75) is 135 Å². The molecule has 21 heteroatoms. The molecule has 0 radical (unpaired) electrons. The van der Waals surface area contributed by atoms with Gasteiger partial charge in [-0.3, -0.25) is 47.9 Å². The number of ether oxygens (including phenoxy) is 2. The maximum atomic E-state index is 15.7. The van der Waals surface area contributed by atoms with E-state index in [4.69, 9.17) is 27.4 Å². The van der Waals surface area contributed by atoms with E-state index in [2.05, 4.69) is 64.6 Å². The second-order valence-corrected chi connectivity index (χ2v) is 31.6. The number of hydrogen-bond acceptors (Lipinski definition) is 13. The molecule has 7 atom stereocenters. The SMILES string of the molecule is Cc1cn([C@H]2C[C@H](O[Si](c3ccccc3)(c3ccccc3)C(C)(C)C)[C@@H](/C=C/P(=O)(OCc3ccccc3[N+](=O)[O-])O[C@H]3C[C@H](n4cc(C)c(=O)[nH]c4=O)O[C@@H]3CO[Si](C)(C)C(C)(C)C)O2)c(=O)[nH]c1=O. The van der Waals surface area contributed by atoms with Crippen molar-refractivity contribution in [2.24, 2.45) is 0 Å². The zero-order chi connectivity index (χ0) is 51.7. The summed E-state index contributed by atoms with van der Waals surface area (Å²) in [5.74, 6) is 1.24. The third kappa shape index (κ3) is 11.6. The predicted molar refractivity (Wildman–Crippen MR) is 274 cm³/mol. The molecule has 0 bridgehead atoms. The number of aromatic amines is 2. The average molecular weight is 1030 g/mol. The van der Waals surface area contributed by atoms with Crippen molar-refractivity contribution in [3.63, 3.8) is 0 Å². The number of rotatable bonds is 17. The van der Waals surface area contributed by atoms with Crippen molar-refractivity contribution in [3.05, 3.63) is 178 Å². The summed E-state index contributed by atoms with van der Waals surface area (Å²) in [6, 6.07) is 25.8. The number of aromatic nitrogens is 4. The molecule has 0 aliphatic carbocycles. The van der Waals surface area contributed by atoms with Crippen molar-refractivity contribution < 1.29 is 36.9 Å². The second kappa shape index (κ2) is 21.0. The number of nitrogens with zero attached hydrogens (tertiary/aromatic N) is 3. The van der Waals surface area contributed by atoms with Gasteiger partial charge in [0.05, 0.1) is 29.8 Å². The fourth-order valence-electron chi connectivity index (χ4n) is 8.74. The molecule has 2 aromatic heterocycles. The predicted octanol–water partition coefficient (Wildman–Crippen LogP) is 7.46. The lowest BCUT2D eigenvalue weighted by molar-refractivity contribution is -0.385. The number of aryl methyl sites for hydroxylation is 2. The Balaban J connectivity index is 1.34. The lowest BCUT2D eigenvalue weighted by atomic mass is 10.2. The largest absolute Gasteiger partial charge is 0.414 e. The van der Waals surface area contributed by atoms with Crippen LogP contribution in [0.1, 0.15) is 83.5 Å². The topological polar surface area (TPSA) is 225 Å². The van der Waals surface area contributed by atoms with Crippen LogP contribution in [-0.4, -0.2) is 71.7 Å². The molecule has 2 aliphatic heterocycles. The van der Waals surface area contributed by atoms with E-state index in [9.17, 15) is 29.3 Å². The average Bonchev–Trinajstić information content (AvgIpc) is 3.91. The second-order valence-electron chi connectivity index (χ2n) is 20.7. The summed E-state index contributed by atoms with van der Waals surface area (Å²) >= 11 is 0. The fraction of sp³-hybridized carbons (Fsp3) is 0.440. The molecular formula is C50H64N5O13PSi2. The minimum Gasteiger partial charge on any atom is -0.414 e. The maximum absolute atomic E-state index is 15.7. The zero-order valence-electron chi connectivity index (χ0n) is 41.8. The van der Waals surface area contributed by atoms with Gasteiger partial charge in [0.15, 0.2) is 8.32 Å².